The van der Waals surface area contributed by atoms with Crippen molar-refractivity contribution in [2.24, 2.45) is 5.92 Å². The maximum absolute atomic E-state index is 12.7. The van der Waals surface area contributed by atoms with E-state index in [0.717, 1.165) is 5.69 Å². The van der Waals surface area contributed by atoms with Gasteiger partial charge in [-0.1, -0.05) is 6.92 Å². The number of ether oxygens (including phenoxy) is 1. The molecule has 0 aliphatic carbocycles. The molecule has 0 aromatic heterocycles. The third kappa shape index (κ3) is 4.43. The molecule has 25 heavy (non-hydrogen) atoms. The number of carbonyl (C=O) groups is 1. The standard InChI is InChI=1S/C17H27N3O4S/c1-12-10-19(4)17(21)14-9-13(18(2)3)7-8-15(14)24-16(12)11-20(5)25(6,22)23/h7-9,12,16H,10-11H2,1-6H3/t12-,16+/m1/s1. The first kappa shape index (κ1) is 19.5. The number of anilines is 1. The number of hydrogen-bond donors (Lipinski definition) is 0. The van der Waals surface area contributed by atoms with E-state index in [0.29, 0.717) is 17.9 Å². The van der Waals surface area contributed by atoms with E-state index in [1.807, 2.05) is 38.1 Å². The summed E-state index contributed by atoms with van der Waals surface area (Å²) in [7, 11) is 3.81. The molecule has 0 saturated carbocycles. The molecule has 0 N–H and O–H groups in total. The van der Waals surface area contributed by atoms with Gasteiger partial charge >= 0.3 is 0 Å². The Kier molecular flexibility index (Phi) is 5.63. The van der Waals surface area contributed by atoms with E-state index in [9.17, 15) is 13.2 Å². The zero-order chi connectivity index (χ0) is 18.9. The molecular formula is C17H27N3O4S. The Balaban J connectivity index is 2.41. The van der Waals surface area contributed by atoms with Crippen molar-refractivity contribution in [1.29, 1.82) is 0 Å². The van der Waals surface area contributed by atoms with Crippen LogP contribution < -0.4 is 9.64 Å². The minimum absolute atomic E-state index is 0.0141. The summed E-state index contributed by atoms with van der Waals surface area (Å²) in [5.41, 5.74) is 1.40. The lowest BCUT2D eigenvalue weighted by Gasteiger charge is -2.34. The van der Waals surface area contributed by atoms with E-state index >= 15 is 0 Å². The van der Waals surface area contributed by atoms with E-state index in [4.69, 9.17) is 4.74 Å². The van der Waals surface area contributed by atoms with Gasteiger partial charge in [0.05, 0.1) is 18.4 Å². The first-order valence-corrected chi connectivity index (χ1v) is 10.0. The molecule has 1 aromatic carbocycles. The molecule has 0 spiro atoms. The molecule has 8 heteroatoms. The first-order valence-electron chi connectivity index (χ1n) is 8.15. The van der Waals surface area contributed by atoms with Gasteiger partial charge in [-0.05, 0) is 18.2 Å². The molecule has 0 radical (unpaired) electrons. The minimum atomic E-state index is -3.30. The van der Waals surface area contributed by atoms with E-state index < -0.39 is 10.0 Å². The average Bonchev–Trinajstić information content (AvgIpc) is 2.51. The Hall–Kier alpha value is -1.80. The second-order valence-corrected chi connectivity index (χ2v) is 9.03. The van der Waals surface area contributed by atoms with Crippen LogP contribution in [0.25, 0.3) is 0 Å². The molecule has 0 unspecified atom stereocenters. The van der Waals surface area contributed by atoms with Crippen LogP contribution in [0.3, 0.4) is 0 Å². The number of rotatable bonds is 4. The van der Waals surface area contributed by atoms with Gasteiger partial charge in [0, 0.05) is 46.3 Å². The van der Waals surface area contributed by atoms with Gasteiger partial charge in [0.1, 0.15) is 11.9 Å². The maximum atomic E-state index is 12.7. The Bertz CT molecular complexity index is 748. The van der Waals surface area contributed by atoms with Crippen molar-refractivity contribution in [2.45, 2.75) is 13.0 Å². The highest BCUT2D eigenvalue weighted by Crippen LogP contribution is 2.30. The monoisotopic (exact) mass is 369 g/mol. The molecule has 1 amide bonds. The van der Waals surface area contributed by atoms with Crippen LogP contribution in [0.2, 0.25) is 0 Å². The van der Waals surface area contributed by atoms with Crippen molar-refractivity contribution in [3.8, 4) is 5.75 Å². The van der Waals surface area contributed by atoms with Gasteiger partial charge < -0.3 is 14.5 Å². The molecule has 2 atom stereocenters. The lowest BCUT2D eigenvalue weighted by atomic mass is 10.0. The van der Waals surface area contributed by atoms with Crippen LogP contribution in [0.1, 0.15) is 17.3 Å². The summed E-state index contributed by atoms with van der Waals surface area (Å²) >= 11 is 0. The number of likely N-dealkylation sites (N-methyl/N-ethyl adjacent to an activating group) is 1. The molecule has 0 saturated heterocycles. The third-order valence-electron chi connectivity index (χ3n) is 4.53. The summed E-state index contributed by atoms with van der Waals surface area (Å²) in [5.74, 6) is 0.376. The molecule has 140 valence electrons. The molecule has 1 aliphatic heterocycles. The molecule has 0 fully saturated rings. The number of hydrogen-bond acceptors (Lipinski definition) is 5. The topological polar surface area (TPSA) is 70.2 Å². The fourth-order valence-corrected chi connectivity index (χ4v) is 3.21. The van der Waals surface area contributed by atoms with Crippen molar-refractivity contribution >= 4 is 21.6 Å². The van der Waals surface area contributed by atoms with Crippen LogP contribution in [-0.2, 0) is 10.0 Å². The first-order chi connectivity index (χ1) is 11.5. The highest BCUT2D eigenvalue weighted by atomic mass is 32.2. The number of fused-ring (bicyclic) bond motifs is 1. The molecule has 7 nitrogen and oxygen atoms in total. The van der Waals surface area contributed by atoms with E-state index in [2.05, 4.69) is 0 Å². The van der Waals surface area contributed by atoms with E-state index in [1.165, 1.54) is 17.6 Å². The van der Waals surface area contributed by atoms with Gasteiger partial charge in [-0.25, -0.2) is 12.7 Å². The number of amides is 1. The molecular weight excluding hydrogens is 342 g/mol. The van der Waals surface area contributed by atoms with Gasteiger partial charge in [0.25, 0.3) is 5.91 Å². The summed E-state index contributed by atoms with van der Waals surface area (Å²) in [5, 5.41) is 0. The van der Waals surface area contributed by atoms with Crippen molar-refractivity contribution in [3.63, 3.8) is 0 Å². The Morgan fingerprint density at radius 2 is 1.92 bits per heavy atom. The summed E-state index contributed by atoms with van der Waals surface area (Å²) in [6, 6.07) is 5.47. The van der Waals surface area contributed by atoms with Crippen molar-refractivity contribution in [2.75, 3.05) is 52.4 Å². The van der Waals surface area contributed by atoms with Crippen LogP contribution in [0.15, 0.2) is 18.2 Å². The highest BCUT2D eigenvalue weighted by Gasteiger charge is 2.31. The highest BCUT2D eigenvalue weighted by molar-refractivity contribution is 7.88. The fourth-order valence-electron chi connectivity index (χ4n) is 2.79. The van der Waals surface area contributed by atoms with E-state index in [1.54, 1.807) is 18.0 Å². The van der Waals surface area contributed by atoms with E-state index in [-0.39, 0.29) is 24.5 Å². The number of benzene rings is 1. The predicted molar refractivity (Wildman–Crippen MR) is 98.8 cm³/mol. The van der Waals surface area contributed by atoms with Crippen LogP contribution in [0.4, 0.5) is 5.69 Å². The van der Waals surface area contributed by atoms with Gasteiger partial charge in [-0.2, -0.15) is 0 Å². The molecule has 2 rings (SSSR count). The number of sulfonamides is 1. The van der Waals surface area contributed by atoms with Crippen molar-refractivity contribution in [3.05, 3.63) is 23.8 Å². The third-order valence-corrected chi connectivity index (χ3v) is 5.82. The Morgan fingerprint density at radius 3 is 2.48 bits per heavy atom. The Labute approximate surface area is 150 Å². The zero-order valence-electron chi connectivity index (χ0n) is 15.7. The van der Waals surface area contributed by atoms with Crippen LogP contribution in [-0.4, -0.2) is 77.2 Å². The minimum Gasteiger partial charge on any atom is -0.488 e. The molecule has 1 heterocycles. The van der Waals surface area contributed by atoms with Crippen molar-refractivity contribution < 1.29 is 17.9 Å². The maximum Gasteiger partial charge on any atom is 0.257 e. The van der Waals surface area contributed by atoms with Crippen molar-refractivity contribution in [1.82, 2.24) is 9.21 Å². The lowest BCUT2D eigenvalue weighted by Crippen LogP contribution is -2.46. The normalized spacial score (nSPS) is 21.4. The number of nitrogens with zero attached hydrogens (tertiary/aromatic N) is 3. The SMILES string of the molecule is C[C@@H]1CN(C)C(=O)c2cc(N(C)C)ccc2O[C@H]1CN(C)S(C)(=O)=O. The van der Waals surface area contributed by atoms with Crippen LogP contribution in [0.5, 0.6) is 5.75 Å². The zero-order valence-corrected chi connectivity index (χ0v) is 16.5. The molecule has 1 aromatic rings. The lowest BCUT2D eigenvalue weighted by molar-refractivity contribution is 0.0605. The van der Waals surface area contributed by atoms with Gasteiger partial charge in [-0.15, -0.1) is 0 Å². The van der Waals surface area contributed by atoms with Gasteiger partial charge in [0.15, 0.2) is 0 Å². The Morgan fingerprint density at radius 1 is 1.28 bits per heavy atom. The second kappa shape index (κ2) is 7.21. The summed E-state index contributed by atoms with van der Waals surface area (Å²) in [6.45, 7) is 2.69. The fraction of sp³-hybridized carbons (Fsp3) is 0.588. The van der Waals surface area contributed by atoms with Crippen LogP contribution >= 0.6 is 0 Å². The quantitative estimate of drug-likeness (QED) is 0.795. The van der Waals surface area contributed by atoms with Crippen LogP contribution in [0, 0.1) is 5.92 Å². The largest absolute Gasteiger partial charge is 0.488 e. The summed E-state index contributed by atoms with van der Waals surface area (Å²) < 4.78 is 30.9. The predicted octanol–water partition coefficient (Wildman–Crippen LogP) is 1.11. The summed E-state index contributed by atoms with van der Waals surface area (Å²) in [6.07, 6.45) is 0.826. The summed E-state index contributed by atoms with van der Waals surface area (Å²) in [4.78, 5) is 16.3. The van der Waals surface area contributed by atoms with Gasteiger partial charge in [-0.3, -0.25) is 4.79 Å². The van der Waals surface area contributed by atoms with Gasteiger partial charge in [0.2, 0.25) is 10.0 Å². The molecule has 0 bridgehead atoms. The second-order valence-electron chi connectivity index (χ2n) is 6.94. The number of carbonyl (C=O) groups excluding carboxylic acids is 1. The smallest absolute Gasteiger partial charge is 0.257 e. The average molecular weight is 369 g/mol. The molecule has 1 aliphatic rings.